The minimum absolute atomic E-state index is 0.194. The van der Waals surface area contributed by atoms with Crippen LogP contribution in [0.3, 0.4) is 0 Å². The molecular formula is C24H38O8. The molecule has 3 rings (SSSR count). The first-order valence-corrected chi connectivity index (χ1v) is 11.2. The summed E-state index contributed by atoms with van der Waals surface area (Å²) in [5.41, 5.74) is -9.38. The maximum atomic E-state index is 13.7. The Labute approximate surface area is 189 Å². The van der Waals surface area contributed by atoms with Gasteiger partial charge in [0.1, 0.15) is 5.60 Å². The van der Waals surface area contributed by atoms with Crippen molar-refractivity contribution in [2.75, 3.05) is 0 Å². The van der Waals surface area contributed by atoms with Gasteiger partial charge in [-0.05, 0) is 46.0 Å². The Bertz CT molecular complexity index is 830. The van der Waals surface area contributed by atoms with Crippen molar-refractivity contribution in [3.8, 4) is 0 Å². The number of aliphatic hydroxyl groups excluding tert-OH is 2. The summed E-state index contributed by atoms with van der Waals surface area (Å²) < 4.78 is 11.9. The predicted octanol–water partition coefficient (Wildman–Crippen LogP) is 1.27. The lowest BCUT2D eigenvalue weighted by Crippen LogP contribution is -2.86. The first kappa shape index (κ1) is 25.3. The molecule has 0 bridgehead atoms. The predicted molar refractivity (Wildman–Crippen MR) is 115 cm³/mol. The van der Waals surface area contributed by atoms with E-state index in [9.17, 15) is 30.0 Å². The second-order valence-electron chi connectivity index (χ2n) is 11.7. The van der Waals surface area contributed by atoms with Gasteiger partial charge < -0.3 is 29.9 Å². The lowest BCUT2D eigenvalue weighted by atomic mass is 9.40. The number of esters is 1. The summed E-state index contributed by atoms with van der Waals surface area (Å²) >= 11 is 0. The SMILES string of the molecule is C=C[C@@]1(C)CC(=O)[C@]2(O)[C@@]3(C)[C@@H](O)CCC(C)(C)[C@@H]3[C@H](O)[C@H](OC(=O)C(C)(C)O)[C@@]2(C)O1. The highest BCUT2D eigenvalue weighted by Crippen LogP contribution is 2.67. The zero-order chi connectivity index (χ0) is 24.7. The Morgan fingerprint density at radius 2 is 1.78 bits per heavy atom. The first-order chi connectivity index (χ1) is 14.3. The van der Waals surface area contributed by atoms with Crippen LogP contribution in [0.1, 0.15) is 67.7 Å². The molecule has 2 aliphatic carbocycles. The topological polar surface area (TPSA) is 134 Å². The molecule has 0 aromatic heterocycles. The fourth-order valence-electron chi connectivity index (χ4n) is 6.74. The fourth-order valence-corrected chi connectivity index (χ4v) is 6.74. The molecule has 32 heavy (non-hydrogen) atoms. The van der Waals surface area contributed by atoms with Crippen LogP contribution in [0.15, 0.2) is 12.7 Å². The molecule has 8 nitrogen and oxygen atoms in total. The van der Waals surface area contributed by atoms with E-state index in [1.807, 2.05) is 13.8 Å². The molecule has 8 heteroatoms. The van der Waals surface area contributed by atoms with Crippen molar-refractivity contribution in [1.82, 2.24) is 0 Å². The number of carbonyl (C=O) groups is 2. The van der Waals surface area contributed by atoms with Crippen molar-refractivity contribution in [3.05, 3.63) is 12.7 Å². The van der Waals surface area contributed by atoms with E-state index in [4.69, 9.17) is 9.47 Å². The lowest BCUT2D eigenvalue weighted by molar-refractivity contribution is -0.371. The Balaban J connectivity index is 2.31. The normalized spacial score (nSPS) is 48.4. The summed E-state index contributed by atoms with van der Waals surface area (Å²) in [4.78, 5) is 26.4. The lowest BCUT2D eigenvalue weighted by Gasteiger charge is -2.71. The zero-order valence-corrected chi connectivity index (χ0v) is 20.1. The van der Waals surface area contributed by atoms with Crippen molar-refractivity contribution in [1.29, 1.82) is 0 Å². The molecule has 4 N–H and O–H groups in total. The highest BCUT2D eigenvalue weighted by Gasteiger charge is 2.81. The summed E-state index contributed by atoms with van der Waals surface area (Å²) in [6.07, 6.45) is -1.88. The van der Waals surface area contributed by atoms with Gasteiger partial charge in [0.05, 0.1) is 17.8 Å². The van der Waals surface area contributed by atoms with Gasteiger partial charge >= 0.3 is 5.97 Å². The van der Waals surface area contributed by atoms with E-state index in [0.29, 0.717) is 12.8 Å². The number of rotatable bonds is 3. The van der Waals surface area contributed by atoms with Gasteiger partial charge in [-0.1, -0.05) is 26.8 Å². The molecule has 0 radical (unpaired) electrons. The first-order valence-electron chi connectivity index (χ1n) is 11.2. The van der Waals surface area contributed by atoms with Crippen LogP contribution in [0.25, 0.3) is 0 Å². The van der Waals surface area contributed by atoms with Gasteiger partial charge in [0.2, 0.25) is 0 Å². The quantitative estimate of drug-likeness (QED) is 0.370. The van der Waals surface area contributed by atoms with Crippen LogP contribution in [0, 0.1) is 16.7 Å². The molecule has 0 spiro atoms. The zero-order valence-electron chi connectivity index (χ0n) is 20.1. The number of fused-ring (bicyclic) bond motifs is 3. The molecule has 182 valence electrons. The van der Waals surface area contributed by atoms with Crippen LogP contribution in [0.2, 0.25) is 0 Å². The van der Waals surface area contributed by atoms with Gasteiger partial charge in [0, 0.05) is 17.8 Å². The molecule has 1 aliphatic heterocycles. The van der Waals surface area contributed by atoms with E-state index in [2.05, 4.69) is 6.58 Å². The molecule has 1 saturated heterocycles. The Morgan fingerprint density at radius 1 is 1.22 bits per heavy atom. The van der Waals surface area contributed by atoms with Crippen LogP contribution < -0.4 is 0 Å². The van der Waals surface area contributed by atoms with Crippen molar-refractivity contribution in [2.24, 2.45) is 16.7 Å². The summed E-state index contributed by atoms with van der Waals surface area (Å²) in [5, 5.41) is 45.3. The molecular weight excluding hydrogens is 416 g/mol. The van der Waals surface area contributed by atoms with E-state index < -0.39 is 69.2 Å². The molecule has 0 amide bonds. The van der Waals surface area contributed by atoms with Crippen molar-refractivity contribution >= 4 is 11.8 Å². The van der Waals surface area contributed by atoms with Gasteiger partial charge in [-0.25, -0.2) is 4.79 Å². The minimum atomic E-state index is -2.28. The van der Waals surface area contributed by atoms with Crippen molar-refractivity contribution < 1.29 is 39.5 Å². The number of aliphatic hydroxyl groups is 4. The second-order valence-corrected chi connectivity index (χ2v) is 11.7. The average Bonchev–Trinajstić information content (AvgIpc) is 2.64. The number of carbonyl (C=O) groups excluding carboxylic acids is 2. The molecule has 3 aliphatic rings. The van der Waals surface area contributed by atoms with Crippen LogP contribution in [-0.4, -0.2) is 72.9 Å². The number of hydrogen-bond donors (Lipinski definition) is 4. The van der Waals surface area contributed by atoms with Gasteiger partial charge in [0.15, 0.2) is 23.1 Å². The summed E-state index contributed by atoms with van der Waals surface area (Å²) in [5.74, 6) is -2.41. The highest BCUT2D eigenvalue weighted by molar-refractivity contribution is 5.92. The Kier molecular flexibility index (Phi) is 5.61. The molecule has 0 aromatic carbocycles. The summed E-state index contributed by atoms with van der Waals surface area (Å²) in [6, 6.07) is 0. The monoisotopic (exact) mass is 454 g/mol. The molecule has 2 saturated carbocycles. The number of hydrogen-bond acceptors (Lipinski definition) is 8. The van der Waals surface area contributed by atoms with E-state index in [1.165, 1.54) is 26.8 Å². The molecule has 3 fully saturated rings. The van der Waals surface area contributed by atoms with Gasteiger partial charge in [-0.15, -0.1) is 6.58 Å². The fraction of sp³-hybridized carbons (Fsp3) is 0.833. The van der Waals surface area contributed by atoms with Crippen molar-refractivity contribution in [3.63, 3.8) is 0 Å². The highest BCUT2D eigenvalue weighted by atomic mass is 16.6. The smallest absolute Gasteiger partial charge is 0.338 e. The molecule has 8 atom stereocenters. The Morgan fingerprint density at radius 3 is 2.28 bits per heavy atom. The van der Waals surface area contributed by atoms with E-state index in [-0.39, 0.29) is 6.42 Å². The van der Waals surface area contributed by atoms with Crippen LogP contribution in [0.4, 0.5) is 0 Å². The Hall–Kier alpha value is -1.32. The second kappa shape index (κ2) is 7.09. The van der Waals surface area contributed by atoms with Crippen LogP contribution in [0.5, 0.6) is 0 Å². The largest absolute Gasteiger partial charge is 0.454 e. The van der Waals surface area contributed by atoms with Gasteiger partial charge in [0.25, 0.3) is 0 Å². The maximum absolute atomic E-state index is 13.7. The number of Topliss-reactive ketones (excluding diaryl/α,β-unsaturated/α-hetero) is 1. The molecule has 1 heterocycles. The molecule has 0 unspecified atom stereocenters. The van der Waals surface area contributed by atoms with E-state index in [0.717, 1.165) is 0 Å². The third kappa shape index (κ3) is 3.06. The molecule has 0 aromatic rings. The summed E-state index contributed by atoms with van der Waals surface area (Å²) in [7, 11) is 0. The maximum Gasteiger partial charge on any atom is 0.338 e. The number of ether oxygens (including phenoxy) is 2. The van der Waals surface area contributed by atoms with Gasteiger partial charge in [-0.2, -0.15) is 0 Å². The third-order valence-electron chi connectivity index (χ3n) is 8.46. The summed E-state index contributed by atoms with van der Waals surface area (Å²) in [6.45, 7) is 14.7. The third-order valence-corrected chi connectivity index (χ3v) is 8.46. The standard InChI is InChI=1S/C24H38O8/c1-9-21(6)12-14(26)24(30)22(7)13(25)10-11-19(2,3)16(22)15(27)17(23(24,8)32-21)31-18(28)20(4,5)29/h9,13,15-17,25,27,29-30H,1,10-12H2,2-8H3/t13-,15-,16-,17-,21-,22-,23+,24-/m0/s1. The van der Waals surface area contributed by atoms with Gasteiger partial charge in [-0.3, -0.25) is 4.79 Å². The van der Waals surface area contributed by atoms with Crippen LogP contribution in [-0.2, 0) is 19.1 Å². The number of ketones is 1. The average molecular weight is 455 g/mol. The van der Waals surface area contributed by atoms with E-state index in [1.54, 1.807) is 13.8 Å². The minimum Gasteiger partial charge on any atom is -0.454 e. The van der Waals surface area contributed by atoms with Crippen LogP contribution >= 0.6 is 0 Å². The van der Waals surface area contributed by atoms with E-state index >= 15 is 0 Å². The van der Waals surface area contributed by atoms with Crippen molar-refractivity contribution in [2.45, 2.75) is 108 Å².